The van der Waals surface area contributed by atoms with Crippen molar-refractivity contribution in [2.24, 2.45) is 7.05 Å². The number of hydrogen-bond acceptors (Lipinski definition) is 3. The van der Waals surface area contributed by atoms with Gasteiger partial charge >= 0.3 is 0 Å². The van der Waals surface area contributed by atoms with Crippen LogP contribution < -0.4 is 5.32 Å². The van der Waals surface area contributed by atoms with E-state index in [-0.39, 0.29) is 12.5 Å². The lowest BCUT2D eigenvalue weighted by molar-refractivity contribution is 0.0950. The Kier molecular flexibility index (Phi) is 4.75. The number of hydrogen-bond donors (Lipinski definition) is 2. The summed E-state index contributed by atoms with van der Waals surface area (Å²) in [6.07, 6.45) is 3.56. The van der Waals surface area contributed by atoms with Crippen LogP contribution in [0, 0.1) is 18.8 Å². The Morgan fingerprint density at radius 1 is 1.48 bits per heavy atom. The van der Waals surface area contributed by atoms with Gasteiger partial charge in [-0.1, -0.05) is 23.5 Å². The first-order chi connectivity index (χ1) is 10.1. The second-order valence-electron chi connectivity index (χ2n) is 4.71. The van der Waals surface area contributed by atoms with Crippen LogP contribution in [0.25, 0.3) is 0 Å². The summed E-state index contributed by atoms with van der Waals surface area (Å²) in [6.45, 7) is 2.10. The van der Waals surface area contributed by atoms with Crippen molar-refractivity contribution in [3.63, 3.8) is 0 Å². The molecule has 21 heavy (non-hydrogen) atoms. The Hall–Kier alpha value is -2.58. The lowest BCUT2D eigenvalue weighted by atomic mass is 10.0. The fraction of sp³-hybridized carbons (Fsp3) is 0.250. The highest BCUT2D eigenvalue weighted by molar-refractivity contribution is 5.96. The first-order valence-corrected chi connectivity index (χ1v) is 6.56. The molecule has 0 aliphatic carbocycles. The fourth-order valence-corrected chi connectivity index (χ4v) is 1.93. The molecule has 108 valence electrons. The van der Waals surface area contributed by atoms with Crippen LogP contribution in [0.1, 0.15) is 27.0 Å². The van der Waals surface area contributed by atoms with Crippen molar-refractivity contribution in [2.75, 3.05) is 6.61 Å². The molecule has 0 radical (unpaired) electrons. The Morgan fingerprint density at radius 3 is 2.95 bits per heavy atom. The van der Waals surface area contributed by atoms with Crippen molar-refractivity contribution in [1.82, 2.24) is 15.1 Å². The second kappa shape index (κ2) is 6.73. The number of aryl methyl sites for hydroxylation is 2. The van der Waals surface area contributed by atoms with Gasteiger partial charge in [0.1, 0.15) is 6.61 Å². The van der Waals surface area contributed by atoms with Gasteiger partial charge in [0.15, 0.2) is 0 Å². The van der Waals surface area contributed by atoms with Crippen LogP contribution in [0.2, 0.25) is 0 Å². The summed E-state index contributed by atoms with van der Waals surface area (Å²) < 4.78 is 1.69. The zero-order valence-corrected chi connectivity index (χ0v) is 12.1. The van der Waals surface area contributed by atoms with Gasteiger partial charge in [-0.25, -0.2) is 0 Å². The number of nitrogens with one attached hydrogen (secondary N) is 1. The average Bonchev–Trinajstić information content (AvgIpc) is 2.89. The molecule has 2 rings (SSSR count). The molecule has 5 nitrogen and oxygen atoms in total. The van der Waals surface area contributed by atoms with Crippen LogP contribution in [0.5, 0.6) is 0 Å². The van der Waals surface area contributed by atoms with Gasteiger partial charge in [-0.2, -0.15) is 5.10 Å². The van der Waals surface area contributed by atoms with E-state index in [9.17, 15) is 4.79 Å². The number of nitrogens with zero attached hydrogens (tertiary/aromatic N) is 2. The molecular weight excluding hydrogens is 266 g/mol. The quantitative estimate of drug-likeness (QED) is 0.826. The van der Waals surface area contributed by atoms with E-state index in [4.69, 9.17) is 5.11 Å². The summed E-state index contributed by atoms with van der Waals surface area (Å²) in [5.74, 6) is 5.17. The SMILES string of the molecule is Cc1ccc(C#CCO)c(C(=O)NCc2cnn(C)c2)c1. The molecule has 2 aromatic rings. The number of benzene rings is 1. The maximum Gasteiger partial charge on any atom is 0.252 e. The number of aliphatic hydroxyl groups is 1. The van der Waals surface area contributed by atoms with E-state index in [0.717, 1.165) is 11.1 Å². The maximum absolute atomic E-state index is 12.3. The van der Waals surface area contributed by atoms with Crippen LogP contribution in [0.3, 0.4) is 0 Å². The summed E-state index contributed by atoms with van der Waals surface area (Å²) in [5, 5.41) is 15.7. The third kappa shape index (κ3) is 3.94. The number of aliphatic hydroxyl groups excluding tert-OH is 1. The molecule has 0 saturated carbocycles. The van der Waals surface area contributed by atoms with E-state index in [0.29, 0.717) is 17.7 Å². The molecule has 5 heteroatoms. The topological polar surface area (TPSA) is 67.2 Å². The predicted octanol–water partition coefficient (Wildman–Crippen LogP) is 1.00. The standard InChI is InChI=1S/C16H17N3O2/c1-12-5-6-14(4-3-7-20)15(8-12)16(21)17-9-13-10-18-19(2)11-13/h5-6,8,10-11,20H,7,9H2,1-2H3,(H,17,21). The molecule has 0 bridgehead atoms. The molecule has 0 fully saturated rings. The van der Waals surface area contributed by atoms with Gasteiger partial charge in [-0.05, 0) is 19.1 Å². The Labute approximate surface area is 123 Å². The van der Waals surface area contributed by atoms with Gasteiger partial charge in [-0.15, -0.1) is 0 Å². The fourth-order valence-electron chi connectivity index (χ4n) is 1.93. The number of carbonyl (C=O) groups is 1. The Morgan fingerprint density at radius 2 is 2.29 bits per heavy atom. The molecule has 0 unspecified atom stereocenters. The normalized spacial score (nSPS) is 9.86. The number of amides is 1. The predicted molar refractivity (Wildman–Crippen MR) is 79.5 cm³/mol. The summed E-state index contributed by atoms with van der Waals surface area (Å²) >= 11 is 0. The first-order valence-electron chi connectivity index (χ1n) is 6.56. The third-order valence-corrected chi connectivity index (χ3v) is 2.93. The number of carbonyl (C=O) groups excluding carboxylic acids is 1. The Balaban J connectivity index is 2.15. The van der Waals surface area contributed by atoms with Crippen molar-refractivity contribution in [1.29, 1.82) is 0 Å². The van der Waals surface area contributed by atoms with E-state index in [1.54, 1.807) is 23.0 Å². The molecule has 1 amide bonds. The van der Waals surface area contributed by atoms with Crippen molar-refractivity contribution in [3.05, 3.63) is 52.8 Å². The molecule has 0 spiro atoms. The summed E-state index contributed by atoms with van der Waals surface area (Å²) in [6, 6.07) is 5.47. The van der Waals surface area contributed by atoms with Gasteiger partial charge in [0, 0.05) is 30.9 Å². The number of rotatable bonds is 3. The molecule has 1 heterocycles. The highest BCUT2D eigenvalue weighted by atomic mass is 16.2. The monoisotopic (exact) mass is 283 g/mol. The van der Waals surface area contributed by atoms with Gasteiger partial charge in [0.2, 0.25) is 0 Å². The van der Waals surface area contributed by atoms with Crippen molar-refractivity contribution < 1.29 is 9.90 Å². The van der Waals surface area contributed by atoms with E-state index >= 15 is 0 Å². The van der Waals surface area contributed by atoms with Crippen LogP contribution in [-0.2, 0) is 13.6 Å². The zero-order valence-electron chi connectivity index (χ0n) is 12.1. The molecule has 2 N–H and O–H groups in total. The van der Waals surface area contributed by atoms with Crippen molar-refractivity contribution in [3.8, 4) is 11.8 Å². The minimum Gasteiger partial charge on any atom is -0.384 e. The molecule has 0 aliphatic heterocycles. The lowest BCUT2D eigenvalue weighted by Gasteiger charge is -2.07. The molecule has 1 aromatic heterocycles. The van der Waals surface area contributed by atoms with Gasteiger partial charge < -0.3 is 10.4 Å². The van der Waals surface area contributed by atoms with E-state index in [1.165, 1.54) is 0 Å². The third-order valence-electron chi connectivity index (χ3n) is 2.93. The minimum atomic E-state index is -0.232. The second-order valence-corrected chi connectivity index (χ2v) is 4.71. The van der Waals surface area contributed by atoms with Crippen molar-refractivity contribution in [2.45, 2.75) is 13.5 Å². The molecule has 0 aliphatic rings. The highest BCUT2D eigenvalue weighted by Gasteiger charge is 2.10. The summed E-state index contributed by atoms with van der Waals surface area (Å²) in [7, 11) is 1.83. The highest BCUT2D eigenvalue weighted by Crippen LogP contribution is 2.11. The molecule has 1 aromatic carbocycles. The average molecular weight is 283 g/mol. The van der Waals surface area contributed by atoms with E-state index in [2.05, 4.69) is 22.3 Å². The van der Waals surface area contributed by atoms with Gasteiger partial charge in [0.25, 0.3) is 5.91 Å². The molecule has 0 saturated heterocycles. The van der Waals surface area contributed by atoms with Crippen LogP contribution in [-0.4, -0.2) is 27.4 Å². The van der Waals surface area contributed by atoms with E-state index < -0.39 is 0 Å². The largest absolute Gasteiger partial charge is 0.384 e. The smallest absolute Gasteiger partial charge is 0.252 e. The minimum absolute atomic E-state index is 0.190. The van der Waals surface area contributed by atoms with Crippen molar-refractivity contribution >= 4 is 5.91 Å². The van der Waals surface area contributed by atoms with Crippen LogP contribution >= 0.6 is 0 Å². The molecule has 0 atom stereocenters. The first kappa shape index (κ1) is 14.8. The van der Waals surface area contributed by atoms with E-state index in [1.807, 2.05) is 26.2 Å². The Bertz CT molecular complexity index is 708. The maximum atomic E-state index is 12.3. The molecular formula is C16H17N3O2. The van der Waals surface area contributed by atoms with Gasteiger partial charge in [-0.3, -0.25) is 9.48 Å². The lowest BCUT2D eigenvalue weighted by Crippen LogP contribution is -2.23. The van der Waals surface area contributed by atoms with Crippen LogP contribution in [0.4, 0.5) is 0 Å². The van der Waals surface area contributed by atoms with Gasteiger partial charge in [0.05, 0.1) is 11.8 Å². The zero-order chi connectivity index (χ0) is 15.2. The number of aromatic nitrogens is 2. The van der Waals surface area contributed by atoms with Crippen LogP contribution in [0.15, 0.2) is 30.6 Å². The summed E-state index contributed by atoms with van der Waals surface area (Å²) in [5.41, 5.74) is 3.04. The summed E-state index contributed by atoms with van der Waals surface area (Å²) in [4.78, 5) is 12.3.